The molecule has 0 aromatic carbocycles. The Morgan fingerprint density at radius 2 is 2.38 bits per heavy atom. The predicted molar refractivity (Wildman–Crippen MR) is 67.7 cm³/mol. The largest absolute Gasteiger partial charge is 0.308 e. The first-order valence-electron chi connectivity index (χ1n) is 4.87. The van der Waals surface area contributed by atoms with Gasteiger partial charge in [0.2, 0.25) is 0 Å². The van der Waals surface area contributed by atoms with Gasteiger partial charge in [-0.15, -0.1) is 11.3 Å². The number of hydrogen-bond acceptors (Lipinski definition) is 6. The maximum atomic E-state index is 5.42. The molecule has 16 heavy (non-hydrogen) atoms. The monoisotopic (exact) mass is 252 g/mol. The van der Waals surface area contributed by atoms with Gasteiger partial charge in [0.05, 0.1) is 4.21 Å². The average Bonchev–Trinajstić information content (AvgIpc) is 2.81. The number of nitrogens with two attached hydrogens (primary N) is 1. The van der Waals surface area contributed by atoms with Crippen molar-refractivity contribution in [3.63, 3.8) is 0 Å². The Balaban J connectivity index is 2.33. The highest BCUT2D eigenvalue weighted by Crippen LogP contribution is 2.33. The fraction of sp³-hybridized carbons (Fsp3) is 0.200. The highest BCUT2D eigenvalue weighted by atomic mass is 32.2. The summed E-state index contributed by atoms with van der Waals surface area (Å²) in [5.74, 6) is 6.13. The van der Waals surface area contributed by atoms with Gasteiger partial charge in [-0.2, -0.15) is 0 Å². The fourth-order valence-corrected chi connectivity index (χ4v) is 3.19. The molecular weight excluding hydrogens is 240 g/mol. The normalized spacial score (nSPS) is 10.4. The van der Waals surface area contributed by atoms with Gasteiger partial charge in [-0.3, -0.25) is 0 Å². The predicted octanol–water partition coefficient (Wildman–Crippen LogP) is 2.54. The van der Waals surface area contributed by atoms with Gasteiger partial charge in [-0.25, -0.2) is 15.8 Å². The molecule has 6 heteroatoms. The van der Waals surface area contributed by atoms with E-state index in [1.165, 1.54) is 10.5 Å². The first kappa shape index (κ1) is 11.4. The molecule has 0 fully saturated rings. The lowest BCUT2D eigenvalue weighted by Crippen LogP contribution is -2.12. The van der Waals surface area contributed by atoms with Crippen LogP contribution in [0.25, 0.3) is 0 Å². The molecule has 0 spiro atoms. The summed E-state index contributed by atoms with van der Waals surface area (Å²) in [4.78, 5) is 8.40. The fourth-order valence-electron chi connectivity index (χ4n) is 1.34. The van der Waals surface area contributed by atoms with Crippen LogP contribution in [0.15, 0.2) is 33.1 Å². The SMILES string of the molecule is CCc1c(NN)ncnc1Sc1cccs1. The number of nitrogen functional groups attached to an aromatic ring is 1. The summed E-state index contributed by atoms with van der Waals surface area (Å²) in [6.45, 7) is 2.07. The van der Waals surface area contributed by atoms with Crippen molar-refractivity contribution in [1.82, 2.24) is 9.97 Å². The summed E-state index contributed by atoms with van der Waals surface area (Å²) < 4.78 is 1.22. The molecule has 2 heterocycles. The number of hydrazine groups is 1. The van der Waals surface area contributed by atoms with Crippen LogP contribution in [0.1, 0.15) is 12.5 Å². The third kappa shape index (κ3) is 2.34. The standard InChI is InChI=1S/C10H12N4S2/c1-2-7-9(14-11)12-6-13-10(7)16-8-4-3-5-15-8/h3-6H,2,11H2,1H3,(H,12,13,14). The second-order valence-electron chi connectivity index (χ2n) is 3.04. The molecule has 0 bridgehead atoms. The molecule has 0 amide bonds. The molecule has 2 aromatic rings. The van der Waals surface area contributed by atoms with Gasteiger partial charge < -0.3 is 5.43 Å². The quantitative estimate of drug-likeness (QED) is 0.497. The first-order valence-corrected chi connectivity index (χ1v) is 6.56. The lowest BCUT2D eigenvalue weighted by molar-refractivity contribution is 0.941. The minimum atomic E-state index is 0.705. The van der Waals surface area contributed by atoms with Gasteiger partial charge in [0, 0.05) is 5.56 Å². The number of aromatic nitrogens is 2. The van der Waals surface area contributed by atoms with Crippen molar-refractivity contribution in [2.24, 2.45) is 5.84 Å². The molecule has 2 rings (SSSR count). The summed E-state index contributed by atoms with van der Waals surface area (Å²) in [7, 11) is 0. The molecule has 0 saturated heterocycles. The van der Waals surface area contributed by atoms with Crippen molar-refractivity contribution >= 4 is 28.9 Å². The molecule has 0 radical (unpaired) electrons. The number of anilines is 1. The van der Waals surface area contributed by atoms with Crippen molar-refractivity contribution in [2.75, 3.05) is 5.43 Å². The van der Waals surface area contributed by atoms with Crippen LogP contribution < -0.4 is 11.3 Å². The molecule has 2 aromatic heterocycles. The highest BCUT2D eigenvalue weighted by molar-refractivity contribution is 8.01. The van der Waals surface area contributed by atoms with Gasteiger partial charge >= 0.3 is 0 Å². The lowest BCUT2D eigenvalue weighted by atomic mass is 10.2. The van der Waals surface area contributed by atoms with E-state index in [4.69, 9.17) is 5.84 Å². The van der Waals surface area contributed by atoms with E-state index in [0.717, 1.165) is 17.0 Å². The Labute approximate surface area is 102 Å². The molecule has 0 aliphatic carbocycles. The zero-order valence-electron chi connectivity index (χ0n) is 8.80. The molecule has 0 aliphatic heterocycles. The highest BCUT2D eigenvalue weighted by Gasteiger charge is 2.10. The van der Waals surface area contributed by atoms with Gasteiger partial charge in [0.1, 0.15) is 17.2 Å². The van der Waals surface area contributed by atoms with Gasteiger partial charge in [0.15, 0.2) is 0 Å². The van der Waals surface area contributed by atoms with Crippen molar-refractivity contribution in [2.45, 2.75) is 22.6 Å². The Morgan fingerprint density at radius 1 is 1.50 bits per heavy atom. The van der Waals surface area contributed by atoms with Crippen molar-refractivity contribution in [1.29, 1.82) is 0 Å². The van der Waals surface area contributed by atoms with Crippen LogP contribution in [0.2, 0.25) is 0 Å². The Morgan fingerprint density at radius 3 is 3.00 bits per heavy atom. The maximum Gasteiger partial charge on any atom is 0.147 e. The molecular formula is C10H12N4S2. The van der Waals surface area contributed by atoms with Crippen molar-refractivity contribution in [3.8, 4) is 0 Å². The second kappa shape index (κ2) is 5.29. The molecule has 0 aliphatic rings. The van der Waals surface area contributed by atoms with Crippen LogP contribution in [0.4, 0.5) is 5.82 Å². The number of hydrogen-bond donors (Lipinski definition) is 2. The van der Waals surface area contributed by atoms with Crippen molar-refractivity contribution in [3.05, 3.63) is 29.4 Å². The molecule has 0 saturated carbocycles. The van der Waals surface area contributed by atoms with Crippen molar-refractivity contribution < 1.29 is 0 Å². The third-order valence-corrected chi connectivity index (χ3v) is 4.17. The minimum Gasteiger partial charge on any atom is -0.308 e. The Hall–Kier alpha value is -1.11. The zero-order chi connectivity index (χ0) is 11.4. The summed E-state index contributed by atoms with van der Waals surface area (Å²) in [5, 5.41) is 3.02. The third-order valence-electron chi connectivity index (χ3n) is 2.09. The summed E-state index contributed by atoms with van der Waals surface area (Å²) >= 11 is 3.35. The van der Waals surface area contributed by atoms with E-state index < -0.39 is 0 Å². The van der Waals surface area contributed by atoms with E-state index in [1.807, 2.05) is 6.07 Å². The van der Waals surface area contributed by atoms with Crippen LogP contribution in [0.5, 0.6) is 0 Å². The Kier molecular flexibility index (Phi) is 3.76. The molecule has 84 valence electrons. The van der Waals surface area contributed by atoms with E-state index in [1.54, 1.807) is 23.1 Å². The van der Waals surface area contributed by atoms with Crippen LogP contribution in [-0.4, -0.2) is 9.97 Å². The van der Waals surface area contributed by atoms with Crippen LogP contribution in [-0.2, 0) is 6.42 Å². The first-order chi connectivity index (χ1) is 7.85. The van der Waals surface area contributed by atoms with Gasteiger partial charge in [0.25, 0.3) is 0 Å². The molecule has 4 nitrogen and oxygen atoms in total. The van der Waals surface area contributed by atoms with E-state index in [-0.39, 0.29) is 0 Å². The number of thiophene rings is 1. The lowest BCUT2D eigenvalue weighted by Gasteiger charge is -2.09. The van der Waals surface area contributed by atoms with Crippen LogP contribution >= 0.6 is 23.1 Å². The molecule has 3 N–H and O–H groups in total. The van der Waals surface area contributed by atoms with Crippen LogP contribution in [0, 0.1) is 0 Å². The Bertz CT molecular complexity index is 456. The summed E-state index contributed by atoms with van der Waals surface area (Å²) in [6, 6.07) is 4.11. The van der Waals surface area contributed by atoms with E-state index in [9.17, 15) is 0 Å². The zero-order valence-corrected chi connectivity index (χ0v) is 10.4. The van der Waals surface area contributed by atoms with Gasteiger partial charge in [-0.1, -0.05) is 24.8 Å². The van der Waals surface area contributed by atoms with E-state index in [2.05, 4.69) is 33.8 Å². The second-order valence-corrected chi connectivity index (χ2v) is 5.27. The summed E-state index contributed by atoms with van der Waals surface area (Å²) in [6.07, 6.45) is 2.39. The van der Waals surface area contributed by atoms with Gasteiger partial charge in [-0.05, 0) is 17.9 Å². The average molecular weight is 252 g/mol. The number of nitrogens with zero attached hydrogens (tertiary/aromatic N) is 2. The maximum absolute atomic E-state index is 5.42. The number of rotatable bonds is 4. The summed E-state index contributed by atoms with van der Waals surface area (Å²) in [5.41, 5.74) is 3.66. The molecule has 0 atom stereocenters. The smallest absolute Gasteiger partial charge is 0.147 e. The number of nitrogens with one attached hydrogen (secondary N) is 1. The topological polar surface area (TPSA) is 63.8 Å². The molecule has 0 unspecified atom stereocenters. The minimum absolute atomic E-state index is 0.705. The van der Waals surface area contributed by atoms with E-state index >= 15 is 0 Å². The van der Waals surface area contributed by atoms with E-state index in [0.29, 0.717) is 5.82 Å². The van der Waals surface area contributed by atoms with Crippen LogP contribution in [0.3, 0.4) is 0 Å².